The molecule has 7 nitrogen and oxygen atoms in total. The van der Waals surface area contributed by atoms with Gasteiger partial charge in [0.05, 0.1) is 23.4 Å². The fraction of sp³-hybridized carbons (Fsp3) is 0.526. The molecule has 9 heteroatoms. The molecule has 0 aliphatic carbocycles. The molecule has 1 N–H and O–H groups in total. The van der Waals surface area contributed by atoms with Gasteiger partial charge in [0.2, 0.25) is 10.8 Å². The predicted octanol–water partition coefficient (Wildman–Crippen LogP) is 3.48. The molecular weight excluding hydrogens is 396 g/mol. The lowest BCUT2D eigenvalue weighted by atomic mass is 9.95. The molecule has 0 spiro atoms. The van der Waals surface area contributed by atoms with Crippen LogP contribution in [0, 0.1) is 5.92 Å². The summed E-state index contributed by atoms with van der Waals surface area (Å²) < 4.78 is 6.74. The number of hydrogen-bond acceptors (Lipinski definition) is 8. The highest BCUT2D eigenvalue weighted by Gasteiger charge is 2.34. The highest BCUT2D eigenvalue weighted by molar-refractivity contribution is 7.17. The van der Waals surface area contributed by atoms with Gasteiger partial charge in [0, 0.05) is 11.3 Å². The molecule has 0 bridgehead atoms. The minimum Gasteiger partial charge on any atom is -0.492 e. The molecule has 0 saturated carbocycles. The third-order valence-corrected chi connectivity index (χ3v) is 7.13. The van der Waals surface area contributed by atoms with Crippen molar-refractivity contribution in [3.05, 3.63) is 33.1 Å². The molecule has 4 rings (SSSR count). The Kier molecular flexibility index (Phi) is 5.65. The van der Waals surface area contributed by atoms with E-state index in [0.717, 1.165) is 43.1 Å². The maximum atomic E-state index is 12.1. The second-order valence-electron chi connectivity index (χ2n) is 6.85. The Morgan fingerprint density at radius 3 is 2.79 bits per heavy atom. The lowest BCUT2D eigenvalue weighted by Gasteiger charge is -2.36. The number of rotatable bonds is 6. The number of carbonyl (C=O) groups is 1. The number of piperidine rings is 1. The van der Waals surface area contributed by atoms with Gasteiger partial charge >= 0.3 is 5.97 Å². The van der Waals surface area contributed by atoms with Crippen molar-refractivity contribution in [2.24, 2.45) is 5.92 Å². The van der Waals surface area contributed by atoms with Gasteiger partial charge in [-0.2, -0.15) is 4.52 Å². The molecule has 1 fully saturated rings. The minimum atomic E-state index is -0.0939. The van der Waals surface area contributed by atoms with Gasteiger partial charge in [0.25, 0.3) is 0 Å². The van der Waals surface area contributed by atoms with E-state index in [1.807, 2.05) is 19.9 Å². The zero-order chi connectivity index (χ0) is 19.7. The number of nitrogens with zero attached hydrogens (tertiary/aromatic N) is 4. The SMILES string of the molecule is CCOC(=O)C1CCN(C(c2cccs2)c2sc3nc(CC)nn3c2O)CC1. The number of thiazole rings is 1. The van der Waals surface area contributed by atoms with Gasteiger partial charge < -0.3 is 9.84 Å². The second-order valence-corrected chi connectivity index (χ2v) is 8.83. The van der Waals surface area contributed by atoms with Gasteiger partial charge in [-0.05, 0) is 44.3 Å². The molecule has 28 heavy (non-hydrogen) atoms. The van der Waals surface area contributed by atoms with Gasteiger partial charge in [-0.3, -0.25) is 9.69 Å². The molecule has 1 unspecified atom stereocenters. The van der Waals surface area contributed by atoms with Crippen LogP contribution in [0.3, 0.4) is 0 Å². The van der Waals surface area contributed by atoms with Crippen LogP contribution in [0.1, 0.15) is 48.3 Å². The highest BCUT2D eigenvalue weighted by atomic mass is 32.1. The Morgan fingerprint density at radius 2 is 2.18 bits per heavy atom. The van der Waals surface area contributed by atoms with Gasteiger partial charge in [0.15, 0.2) is 5.82 Å². The number of aryl methyl sites for hydroxylation is 1. The molecule has 1 saturated heterocycles. The maximum Gasteiger partial charge on any atom is 0.309 e. The van der Waals surface area contributed by atoms with E-state index < -0.39 is 0 Å². The lowest BCUT2D eigenvalue weighted by molar-refractivity contribution is -0.149. The van der Waals surface area contributed by atoms with Crippen molar-refractivity contribution >= 4 is 33.6 Å². The average molecular weight is 421 g/mol. The van der Waals surface area contributed by atoms with Crippen LogP contribution in [0.25, 0.3) is 4.96 Å². The number of hydrogen-bond donors (Lipinski definition) is 1. The predicted molar refractivity (Wildman–Crippen MR) is 109 cm³/mol. The third-order valence-electron chi connectivity index (χ3n) is 5.14. The van der Waals surface area contributed by atoms with Crippen molar-refractivity contribution in [3.63, 3.8) is 0 Å². The summed E-state index contributed by atoms with van der Waals surface area (Å²) in [6.45, 7) is 5.82. The number of fused-ring (bicyclic) bond motifs is 1. The summed E-state index contributed by atoms with van der Waals surface area (Å²) in [5, 5.41) is 17.3. The monoisotopic (exact) mass is 420 g/mol. The molecule has 1 aliphatic rings. The van der Waals surface area contributed by atoms with Crippen molar-refractivity contribution in [2.75, 3.05) is 19.7 Å². The fourth-order valence-corrected chi connectivity index (χ4v) is 5.76. The summed E-state index contributed by atoms with van der Waals surface area (Å²) in [6, 6.07) is 4.07. The van der Waals surface area contributed by atoms with Gasteiger partial charge in [-0.25, -0.2) is 4.98 Å². The van der Waals surface area contributed by atoms with E-state index in [2.05, 4.69) is 26.4 Å². The summed E-state index contributed by atoms with van der Waals surface area (Å²) in [5.74, 6) is 0.765. The normalized spacial score (nSPS) is 17.2. The summed E-state index contributed by atoms with van der Waals surface area (Å²) >= 11 is 3.16. The van der Waals surface area contributed by atoms with Crippen LogP contribution < -0.4 is 0 Å². The van der Waals surface area contributed by atoms with Crippen molar-refractivity contribution in [2.45, 2.75) is 39.2 Å². The van der Waals surface area contributed by atoms with Gasteiger partial charge in [-0.15, -0.1) is 16.4 Å². The molecule has 3 aromatic heterocycles. The Morgan fingerprint density at radius 1 is 1.39 bits per heavy atom. The number of esters is 1. The van der Waals surface area contributed by atoms with E-state index in [0.29, 0.717) is 11.6 Å². The van der Waals surface area contributed by atoms with Crippen LogP contribution >= 0.6 is 22.7 Å². The van der Waals surface area contributed by atoms with Crippen LogP contribution in [0.5, 0.6) is 5.88 Å². The maximum absolute atomic E-state index is 12.1. The summed E-state index contributed by atoms with van der Waals surface area (Å²) in [4.78, 5) is 21.7. The van der Waals surface area contributed by atoms with E-state index in [9.17, 15) is 9.90 Å². The van der Waals surface area contributed by atoms with Crippen LogP contribution in [0.2, 0.25) is 0 Å². The number of thiophene rings is 1. The number of carbonyl (C=O) groups excluding carboxylic acids is 1. The summed E-state index contributed by atoms with van der Waals surface area (Å²) in [5.41, 5.74) is 0. The van der Waals surface area contributed by atoms with E-state index in [1.54, 1.807) is 15.9 Å². The molecule has 1 aliphatic heterocycles. The largest absolute Gasteiger partial charge is 0.492 e. The molecule has 150 valence electrons. The first-order valence-corrected chi connectivity index (χ1v) is 11.3. The van der Waals surface area contributed by atoms with Gasteiger partial charge in [0.1, 0.15) is 0 Å². The average Bonchev–Trinajstić information content (AvgIpc) is 3.42. The Balaban J connectivity index is 1.62. The Bertz CT molecular complexity index is 942. The number of ether oxygens (including phenoxy) is 1. The highest BCUT2D eigenvalue weighted by Crippen LogP contribution is 2.42. The van der Waals surface area contributed by atoms with Crippen LogP contribution in [0.15, 0.2) is 17.5 Å². The first-order chi connectivity index (χ1) is 13.6. The summed E-state index contributed by atoms with van der Waals surface area (Å²) in [6.07, 6.45) is 2.27. The zero-order valence-corrected chi connectivity index (χ0v) is 17.6. The van der Waals surface area contributed by atoms with E-state index in [1.165, 1.54) is 16.2 Å². The van der Waals surface area contributed by atoms with Crippen LogP contribution in [-0.4, -0.2) is 50.3 Å². The molecule has 0 aromatic carbocycles. The number of likely N-dealkylation sites (tertiary alicyclic amines) is 1. The second kappa shape index (κ2) is 8.18. The van der Waals surface area contributed by atoms with E-state index in [4.69, 9.17) is 4.74 Å². The molecule has 1 atom stereocenters. The fourth-order valence-electron chi connectivity index (χ4n) is 3.69. The van der Waals surface area contributed by atoms with E-state index >= 15 is 0 Å². The Labute approximate surface area is 171 Å². The van der Waals surface area contributed by atoms with Crippen molar-refractivity contribution in [1.82, 2.24) is 19.5 Å². The zero-order valence-electron chi connectivity index (χ0n) is 16.0. The number of aromatic nitrogens is 3. The lowest BCUT2D eigenvalue weighted by Crippen LogP contribution is -2.39. The molecule has 0 amide bonds. The Hall–Kier alpha value is -1.97. The molecule has 3 aromatic rings. The molecule has 0 radical (unpaired) electrons. The van der Waals surface area contributed by atoms with Gasteiger partial charge in [-0.1, -0.05) is 24.3 Å². The minimum absolute atomic E-state index is 0.0387. The van der Waals surface area contributed by atoms with Crippen molar-refractivity contribution in [3.8, 4) is 5.88 Å². The topological polar surface area (TPSA) is 80.0 Å². The summed E-state index contributed by atoms with van der Waals surface area (Å²) in [7, 11) is 0. The first-order valence-electron chi connectivity index (χ1n) is 9.63. The molecule has 4 heterocycles. The van der Waals surface area contributed by atoms with Crippen LogP contribution in [-0.2, 0) is 16.0 Å². The van der Waals surface area contributed by atoms with Crippen LogP contribution in [0.4, 0.5) is 0 Å². The molecular formula is C19H24N4O3S2. The van der Waals surface area contributed by atoms with Crippen molar-refractivity contribution < 1.29 is 14.6 Å². The quantitative estimate of drug-likeness (QED) is 0.615. The first kappa shape index (κ1) is 19.4. The number of aromatic hydroxyl groups is 1. The smallest absolute Gasteiger partial charge is 0.309 e. The van der Waals surface area contributed by atoms with E-state index in [-0.39, 0.29) is 23.8 Å². The van der Waals surface area contributed by atoms with Crippen molar-refractivity contribution in [1.29, 1.82) is 0 Å². The third kappa shape index (κ3) is 3.54. The standard InChI is InChI=1S/C19H24N4O3S2/c1-3-14-20-19-23(21-14)17(24)16(28-19)15(13-6-5-11-27-13)22-9-7-12(8-10-22)18(25)26-4-2/h5-6,11-12,15,24H,3-4,7-10H2,1-2H3.